The van der Waals surface area contributed by atoms with Crippen LogP contribution in [0.5, 0.6) is 51.7 Å². The molecule has 234 valence electrons. The predicted octanol–water partition coefficient (Wildman–Crippen LogP) is 0.487. The van der Waals surface area contributed by atoms with Gasteiger partial charge in [0, 0.05) is 17.7 Å². The highest BCUT2D eigenvalue weighted by molar-refractivity contribution is 5.91. The van der Waals surface area contributed by atoms with Gasteiger partial charge in [-0.15, -0.1) is 0 Å². The van der Waals surface area contributed by atoms with Gasteiger partial charge in [-0.05, 0) is 30.3 Å². The molecule has 0 radical (unpaired) electrons. The van der Waals surface area contributed by atoms with E-state index in [1.54, 1.807) is 0 Å². The summed E-state index contributed by atoms with van der Waals surface area (Å²) in [5.74, 6) is -7.53. The van der Waals surface area contributed by atoms with Gasteiger partial charge in [0.2, 0.25) is 6.29 Å². The summed E-state index contributed by atoms with van der Waals surface area (Å²) < 4.78 is 22.7. The second-order valence-electron chi connectivity index (χ2n) is 9.89. The Morgan fingerprint density at radius 1 is 0.773 bits per heavy atom. The van der Waals surface area contributed by atoms with Crippen LogP contribution in [0.1, 0.15) is 27.6 Å². The molecule has 16 nitrogen and oxygen atoms in total. The van der Waals surface area contributed by atoms with Gasteiger partial charge in [0.1, 0.15) is 41.3 Å². The van der Waals surface area contributed by atoms with Crippen LogP contribution < -0.4 is 4.74 Å². The van der Waals surface area contributed by atoms with Crippen molar-refractivity contribution in [3.8, 4) is 51.7 Å². The Bertz CT molecular complexity index is 1590. The largest absolute Gasteiger partial charge is 0.508 e. The first-order valence-corrected chi connectivity index (χ1v) is 12.7. The number of aliphatic hydroxyl groups is 3. The lowest BCUT2D eigenvalue weighted by atomic mass is 9.98. The highest BCUT2D eigenvalue weighted by atomic mass is 16.7. The quantitative estimate of drug-likeness (QED) is 0.132. The Labute approximate surface area is 246 Å². The fourth-order valence-corrected chi connectivity index (χ4v) is 4.67. The number of hydrogen-bond acceptors (Lipinski definition) is 16. The first-order chi connectivity index (χ1) is 20.8. The number of carbonyl (C=O) groups excluding carboxylic acids is 1. The molecule has 2 aliphatic rings. The summed E-state index contributed by atoms with van der Waals surface area (Å²) in [6.07, 6.45) is -9.20. The Balaban J connectivity index is 1.55. The Hall–Kier alpha value is -5.29. The lowest BCUT2D eigenvalue weighted by Crippen LogP contribution is -2.60. The molecule has 0 saturated carbocycles. The van der Waals surface area contributed by atoms with Crippen LogP contribution >= 0.6 is 0 Å². The molecule has 0 aromatic heterocycles. The fraction of sp³-hybridized carbons (Fsp3) is 0.250. The van der Waals surface area contributed by atoms with E-state index >= 15 is 0 Å². The fourth-order valence-electron chi connectivity index (χ4n) is 4.67. The third kappa shape index (κ3) is 5.45. The molecule has 5 rings (SSSR count). The zero-order chi connectivity index (χ0) is 32.0. The van der Waals surface area contributed by atoms with Crippen molar-refractivity contribution in [1.82, 2.24) is 0 Å². The molecule has 2 aliphatic heterocycles. The van der Waals surface area contributed by atoms with Crippen LogP contribution in [0.3, 0.4) is 0 Å². The third-order valence-corrected chi connectivity index (χ3v) is 6.91. The van der Waals surface area contributed by atoms with E-state index in [2.05, 4.69) is 0 Å². The van der Waals surface area contributed by atoms with E-state index in [4.69, 9.17) is 18.9 Å². The molecule has 2 heterocycles. The number of esters is 1. The minimum Gasteiger partial charge on any atom is -0.508 e. The standard InChI is InChI=1S/C28H26O16/c29-8-20-23(38)24(39)26(44-27(40)10-3-16(34)22(37)17(35)4-10)28(43-20)42-19-7-12-13(31)5-11(30)6-18(12)41-25(19)9-1-14(32)21(36)15(33)2-9/h1-7,20,23-26,28-39H,8H2/t20-,23+,24+,25?,26-,28-/m1/s1. The molecule has 1 saturated heterocycles. The number of benzene rings is 3. The summed E-state index contributed by atoms with van der Waals surface area (Å²) in [6.45, 7) is -0.833. The number of phenolic OH excluding ortho intramolecular Hbond substituents is 8. The van der Waals surface area contributed by atoms with E-state index < -0.39 is 95.2 Å². The predicted molar refractivity (Wildman–Crippen MR) is 142 cm³/mol. The average Bonchev–Trinajstić information content (AvgIpc) is 2.97. The molecule has 0 aliphatic carbocycles. The summed E-state index contributed by atoms with van der Waals surface area (Å²) >= 11 is 0. The van der Waals surface area contributed by atoms with E-state index in [0.29, 0.717) is 0 Å². The lowest BCUT2D eigenvalue weighted by Gasteiger charge is -2.42. The van der Waals surface area contributed by atoms with Gasteiger partial charge < -0.3 is 75.1 Å². The van der Waals surface area contributed by atoms with E-state index in [1.165, 1.54) is 6.08 Å². The molecular formula is C28H26O16. The van der Waals surface area contributed by atoms with E-state index in [-0.39, 0.29) is 28.4 Å². The second kappa shape index (κ2) is 11.4. The minimum absolute atomic E-state index is 0.0278. The Kier molecular flexibility index (Phi) is 7.83. The molecule has 1 unspecified atom stereocenters. The molecule has 0 amide bonds. The molecule has 11 N–H and O–H groups in total. The summed E-state index contributed by atoms with van der Waals surface area (Å²) in [4.78, 5) is 12.9. The van der Waals surface area contributed by atoms with Crippen molar-refractivity contribution < 1.29 is 79.9 Å². The smallest absolute Gasteiger partial charge is 0.339 e. The number of rotatable bonds is 6. The first kappa shape index (κ1) is 30.2. The monoisotopic (exact) mass is 618 g/mol. The van der Waals surface area contributed by atoms with Gasteiger partial charge in [-0.25, -0.2) is 4.79 Å². The molecule has 16 heteroatoms. The second-order valence-corrected chi connectivity index (χ2v) is 9.89. The van der Waals surface area contributed by atoms with Crippen molar-refractivity contribution >= 4 is 12.0 Å². The summed E-state index contributed by atoms with van der Waals surface area (Å²) in [6, 6.07) is 5.64. The van der Waals surface area contributed by atoms with Gasteiger partial charge >= 0.3 is 5.97 Å². The van der Waals surface area contributed by atoms with Crippen LogP contribution in [0, 0.1) is 0 Å². The highest BCUT2D eigenvalue weighted by Crippen LogP contribution is 2.47. The zero-order valence-corrected chi connectivity index (χ0v) is 22.2. The first-order valence-electron chi connectivity index (χ1n) is 12.7. The maximum absolute atomic E-state index is 12.9. The summed E-state index contributed by atoms with van der Waals surface area (Å²) in [5.41, 5.74) is -0.564. The van der Waals surface area contributed by atoms with Crippen molar-refractivity contribution in [1.29, 1.82) is 0 Å². The van der Waals surface area contributed by atoms with Gasteiger partial charge in [0.25, 0.3) is 0 Å². The number of fused-ring (bicyclic) bond motifs is 1. The lowest BCUT2D eigenvalue weighted by molar-refractivity contribution is -0.292. The molecule has 0 bridgehead atoms. The van der Waals surface area contributed by atoms with Crippen LogP contribution in [-0.2, 0) is 14.2 Å². The molecule has 1 fully saturated rings. The van der Waals surface area contributed by atoms with Crippen LogP contribution in [-0.4, -0.2) is 99.5 Å². The van der Waals surface area contributed by atoms with Crippen molar-refractivity contribution in [2.45, 2.75) is 36.8 Å². The zero-order valence-electron chi connectivity index (χ0n) is 22.2. The van der Waals surface area contributed by atoms with Gasteiger partial charge in [-0.1, -0.05) is 0 Å². The number of aliphatic hydroxyl groups excluding tert-OH is 3. The summed E-state index contributed by atoms with van der Waals surface area (Å²) in [7, 11) is 0. The van der Waals surface area contributed by atoms with Crippen molar-refractivity contribution in [2.24, 2.45) is 0 Å². The maximum atomic E-state index is 12.9. The average molecular weight is 619 g/mol. The van der Waals surface area contributed by atoms with E-state index in [9.17, 15) is 61.0 Å². The molecular weight excluding hydrogens is 592 g/mol. The van der Waals surface area contributed by atoms with E-state index in [1.807, 2.05) is 0 Å². The molecule has 3 aromatic rings. The topological polar surface area (TPSA) is 277 Å². The van der Waals surface area contributed by atoms with Gasteiger partial charge in [-0.3, -0.25) is 0 Å². The number of hydrogen-bond donors (Lipinski definition) is 11. The van der Waals surface area contributed by atoms with Crippen LogP contribution in [0.15, 0.2) is 42.2 Å². The van der Waals surface area contributed by atoms with Gasteiger partial charge in [0.15, 0.2) is 46.7 Å². The third-order valence-electron chi connectivity index (χ3n) is 6.91. The SMILES string of the molecule is O=C(O[C@H]1[C@H](OC2=Cc3c(O)cc(O)cc3OC2c2cc(O)c(O)c(O)c2)O[C@H](CO)[C@H](O)[C@@H]1O)c1cc(O)c(O)c(O)c1. The number of aromatic hydroxyl groups is 8. The molecule has 6 atom stereocenters. The number of phenols is 8. The molecule has 0 spiro atoms. The number of carbonyl (C=O) groups is 1. The van der Waals surface area contributed by atoms with E-state index in [0.717, 1.165) is 36.4 Å². The minimum atomic E-state index is -1.96. The van der Waals surface area contributed by atoms with Gasteiger partial charge in [0.05, 0.1) is 17.7 Å². The Morgan fingerprint density at radius 3 is 1.95 bits per heavy atom. The highest BCUT2D eigenvalue weighted by Gasteiger charge is 2.49. The summed E-state index contributed by atoms with van der Waals surface area (Å²) in [5, 5.41) is 111. The van der Waals surface area contributed by atoms with Crippen LogP contribution in [0.25, 0.3) is 6.08 Å². The molecule has 44 heavy (non-hydrogen) atoms. The van der Waals surface area contributed by atoms with Crippen molar-refractivity contribution in [2.75, 3.05) is 6.61 Å². The number of ether oxygens (including phenoxy) is 4. The van der Waals surface area contributed by atoms with Gasteiger partial charge in [-0.2, -0.15) is 0 Å². The van der Waals surface area contributed by atoms with Crippen molar-refractivity contribution in [3.05, 3.63) is 58.8 Å². The van der Waals surface area contributed by atoms with Crippen molar-refractivity contribution in [3.63, 3.8) is 0 Å². The van der Waals surface area contributed by atoms with Crippen LogP contribution in [0.2, 0.25) is 0 Å². The maximum Gasteiger partial charge on any atom is 0.339 e. The Morgan fingerprint density at radius 2 is 1.36 bits per heavy atom. The molecule has 3 aromatic carbocycles. The normalized spacial score (nSPS) is 24.5. The van der Waals surface area contributed by atoms with Crippen LogP contribution in [0.4, 0.5) is 0 Å².